The Morgan fingerprint density at radius 1 is 1.10 bits per heavy atom. The highest BCUT2D eigenvalue weighted by Gasteiger charge is 2.35. The summed E-state index contributed by atoms with van der Waals surface area (Å²) < 4.78 is 50.1. The number of nitrogens with zero attached hydrogens (tertiary/aromatic N) is 8. The van der Waals surface area contributed by atoms with Crippen molar-refractivity contribution in [1.82, 2.24) is 39.2 Å². The molecule has 0 aliphatic carbocycles. The molecule has 254 valence electrons. The molecule has 2 aliphatic heterocycles. The van der Waals surface area contributed by atoms with Crippen LogP contribution in [0.25, 0.3) is 5.65 Å². The van der Waals surface area contributed by atoms with Crippen LogP contribution in [0, 0.1) is 0 Å². The molecule has 0 spiro atoms. The van der Waals surface area contributed by atoms with E-state index >= 15 is 0 Å². The zero-order valence-corrected chi connectivity index (χ0v) is 27.3. The molecular formula is C33H38F3N9O3. The maximum atomic E-state index is 14.2. The third kappa shape index (κ3) is 7.06. The van der Waals surface area contributed by atoms with Gasteiger partial charge in [0.1, 0.15) is 11.4 Å². The largest absolute Gasteiger partial charge is 0.452 e. The number of anilines is 1. The first kappa shape index (κ1) is 33.2. The van der Waals surface area contributed by atoms with Gasteiger partial charge in [0.15, 0.2) is 11.4 Å². The number of ether oxygens (including phenoxy) is 1. The second kappa shape index (κ2) is 13.4. The van der Waals surface area contributed by atoms with E-state index in [1.165, 1.54) is 33.9 Å². The fraction of sp³-hybridized carbons (Fsp3) is 0.424. The first-order chi connectivity index (χ1) is 22.9. The van der Waals surface area contributed by atoms with Gasteiger partial charge in [0.2, 0.25) is 0 Å². The molecular weight excluding hydrogens is 627 g/mol. The number of aromatic nitrogens is 4. The van der Waals surface area contributed by atoms with Crippen molar-refractivity contribution in [2.24, 2.45) is 0 Å². The summed E-state index contributed by atoms with van der Waals surface area (Å²) >= 11 is 0. The standard InChI is InChI=1S/C33H38F3N9O3/c1-5-21-18-44(32(47)39-24-7-6-22(26(15-24)33(34,35)36)17-43-12-10-42(4)11-13-43)19-23-14-25(16-37-29(21)23)48-28-8-9-38-45-20-27(40-30(28)45)31(46)41(2)3/h6-9,14-16,20-21H,5,10-13,17-19H2,1-4H3,(H,39,47)/t21-/m1/s1. The van der Waals surface area contributed by atoms with Crippen molar-refractivity contribution in [2.75, 3.05) is 59.2 Å². The van der Waals surface area contributed by atoms with E-state index in [0.29, 0.717) is 43.2 Å². The van der Waals surface area contributed by atoms with Crippen molar-refractivity contribution in [3.8, 4) is 11.5 Å². The molecule has 1 saturated heterocycles. The average Bonchev–Trinajstić information content (AvgIpc) is 3.50. The van der Waals surface area contributed by atoms with Crippen molar-refractivity contribution < 1.29 is 27.5 Å². The fourth-order valence-corrected chi connectivity index (χ4v) is 6.07. The Kier molecular flexibility index (Phi) is 9.25. The van der Waals surface area contributed by atoms with E-state index in [2.05, 4.69) is 25.3 Å². The number of pyridine rings is 1. The number of benzene rings is 1. The Bertz CT molecular complexity index is 1820. The molecule has 0 bridgehead atoms. The number of hydrogen-bond donors (Lipinski definition) is 1. The lowest BCUT2D eigenvalue weighted by atomic mass is 9.92. The van der Waals surface area contributed by atoms with Crippen LogP contribution in [0.1, 0.15) is 52.1 Å². The normalized spacial score (nSPS) is 17.3. The Labute approximate surface area is 276 Å². The lowest BCUT2D eigenvalue weighted by molar-refractivity contribution is -0.138. The van der Waals surface area contributed by atoms with Gasteiger partial charge in [-0.2, -0.15) is 18.3 Å². The predicted molar refractivity (Wildman–Crippen MR) is 172 cm³/mol. The number of likely N-dealkylation sites (N-methyl/N-ethyl adjacent to an activating group) is 1. The molecule has 6 rings (SSSR count). The highest BCUT2D eigenvalue weighted by atomic mass is 19.4. The van der Waals surface area contributed by atoms with E-state index in [0.717, 1.165) is 30.4 Å². The second-order valence-corrected chi connectivity index (χ2v) is 12.5. The van der Waals surface area contributed by atoms with Gasteiger partial charge in [0.25, 0.3) is 5.91 Å². The van der Waals surface area contributed by atoms with E-state index in [9.17, 15) is 22.8 Å². The Hall–Kier alpha value is -4.76. The number of halogens is 3. The molecule has 15 heteroatoms. The van der Waals surface area contributed by atoms with Crippen molar-refractivity contribution in [3.63, 3.8) is 0 Å². The minimum atomic E-state index is -4.57. The van der Waals surface area contributed by atoms with Gasteiger partial charge in [-0.1, -0.05) is 13.0 Å². The van der Waals surface area contributed by atoms with Crippen molar-refractivity contribution in [2.45, 2.75) is 38.5 Å². The molecule has 12 nitrogen and oxygen atoms in total. The number of carbonyl (C=O) groups is 2. The molecule has 0 saturated carbocycles. The molecule has 3 amide bonds. The summed E-state index contributed by atoms with van der Waals surface area (Å²) in [5.41, 5.74) is 1.67. The lowest BCUT2D eigenvalue weighted by Crippen LogP contribution is -2.44. The average molecular weight is 666 g/mol. The Morgan fingerprint density at radius 3 is 2.58 bits per heavy atom. The number of nitrogens with one attached hydrogen (secondary N) is 1. The zero-order valence-electron chi connectivity index (χ0n) is 27.3. The van der Waals surface area contributed by atoms with Gasteiger partial charge >= 0.3 is 12.2 Å². The minimum Gasteiger partial charge on any atom is -0.452 e. The van der Waals surface area contributed by atoms with Gasteiger partial charge in [-0.25, -0.2) is 14.3 Å². The van der Waals surface area contributed by atoms with Crippen LogP contribution in [-0.4, -0.2) is 105 Å². The first-order valence-corrected chi connectivity index (χ1v) is 15.8. The third-order valence-electron chi connectivity index (χ3n) is 8.78. The highest BCUT2D eigenvalue weighted by molar-refractivity contribution is 5.92. The van der Waals surface area contributed by atoms with E-state index in [1.807, 2.05) is 18.9 Å². The maximum absolute atomic E-state index is 14.2. The van der Waals surface area contributed by atoms with Crippen LogP contribution >= 0.6 is 0 Å². The van der Waals surface area contributed by atoms with Crippen LogP contribution in [0.2, 0.25) is 0 Å². The molecule has 1 atom stereocenters. The van der Waals surface area contributed by atoms with E-state index in [1.54, 1.807) is 37.3 Å². The number of hydrogen-bond acceptors (Lipinski definition) is 8. The number of carbonyl (C=O) groups excluding carboxylic acids is 2. The quantitative estimate of drug-likeness (QED) is 0.296. The van der Waals surface area contributed by atoms with Crippen molar-refractivity contribution >= 4 is 23.3 Å². The highest BCUT2D eigenvalue weighted by Crippen LogP contribution is 2.36. The van der Waals surface area contributed by atoms with E-state index < -0.39 is 17.8 Å². The number of urea groups is 1. The van der Waals surface area contributed by atoms with Gasteiger partial charge in [-0.3, -0.25) is 14.7 Å². The molecule has 1 aromatic carbocycles. The number of amides is 3. The Morgan fingerprint density at radius 2 is 1.88 bits per heavy atom. The zero-order chi connectivity index (χ0) is 34.2. The summed E-state index contributed by atoms with van der Waals surface area (Å²) in [7, 11) is 5.26. The topological polar surface area (TPSA) is 111 Å². The molecule has 1 N–H and O–H groups in total. The van der Waals surface area contributed by atoms with Gasteiger partial charge in [0.05, 0.1) is 29.8 Å². The smallest absolute Gasteiger partial charge is 0.416 e. The minimum absolute atomic E-state index is 0.0789. The fourth-order valence-electron chi connectivity index (χ4n) is 6.07. The molecule has 0 radical (unpaired) electrons. The van der Waals surface area contributed by atoms with Crippen LogP contribution < -0.4 is 10.1 Å². The molecule has 1 fully saturated rings. The summed E-state index contributed by atoms with van der Waals surface area (Å²) in [5, 5.41) is 6.92. The van der Waals surface area contributed by atoms with Crippen LogP contribution in [0.4, 0.5) is 23.7 Å². The van der Waals surface area contributed by atoms with Crippen molar-refractivity contribution in [1.29, 1.82) is 0 Å². The third-order valence-corrected chi connectivity index (χ3v) is 8.78. The summed E-state index contributed by atoms with van der Waals surface area (Å²) in [4.78, 5) is 42.2. The molecule has 0 unspecified atom stereocenters. The van der Waals surface area contributed by atoms with Gasteiger partial charge in [-0.15, -0.1) is 0 Å². The number of piperazine rings is 1. The number of imidazole rings is 1. The lowest BCUT2D eigenvalue weighted by Gasteiger charge is -2.34. The molecule has 2 aliphatic rings. The number of fused-ring (bicyclic) bond motifs is 2. The molecule has 4 aromatic rings. The Balaban J connectivity index is 1.19. The van der Waals surface area contributed by atoms with Gasteiger partial charge < -0.3 is 24.8 Å². The van der Waals surface area contributed by atoms with Gasteiger partial charge in [-0.05, 0) is 42.8 Å². The number of rotatable bonds is 7. The van der Waals surface area contributed by atoms with Crippen molar-refractivity contribution in [3.05, 3.63) is 77.0 Å². The van der Waals surface area contributed by atoms with Crippen LogP contribution in [0.15, 0.2) is 48.9 Å². The number of alkyl halides is 3. The SMILES string of the molecule is CC[C@@H]1CN(C(=O)Nc2ccc(CN3CCN(C)CC3)c(C(F)(F)F)c2)Cc2cc(Oc3ccnn4cc(C(=O)N(C)C)nc34)cnc21. The summed E-state index contributed by atoms with van der Waals surface area (Å²) in [5.74, 6) is 0.402. The maximum Gasteiger partial charge on any atom is 0.416 e. The molecule has 48 heavy (non-hydrogen) atoms. The van der Waals surface area contributed by atoms with E-state index in [4.69, 9.17) is 4.74 Å². The summed E-state index contributed by atoms with van der Waals surface area (Å²) in [6, 6.07) is 6.94. The molecule has 5 heterocycles. The molecule has 3 aromatic heterocycles. The summed E-state index contributed by atoms with van der Waals surface area (Å²) in [6.07, 6.45) is 0.789. The van der Waals surface area contributed by atoms with Crippen LogP contribution in [0.3, 0.4) is 0 Å². The van der Waals surface area contributed by atoms with E-state index in [-0.39, 0.29) is 41.9 Å². The van der Waals surface area contributed by atoms with Crippen LogP contribution in [-0.2, 0) is 19.3 Å². The second-order valence-electron chi connectivity index (χ2n) is 12.5. The first-order valence-electron chi connectivity index (χ1n) is 15.8. The van der Waals surface area contributed by atoms with Crippen LogP contribution in [0.5, 0.6) is 11.5 Å². The summed E-state index contributed by atoms with van der Waals surface area (Å²) in [6.45, 7) is 5.72. The van der Waals surface area contributed by atoms with Gasteiger partial charge in [0, 0.05) is 77.6 Å². The monoisotopic (exact) mass is 665 g/mol. The predicted octanol–water partition coefficient (Wildman–Crippen LogP) is 4.93.